The monoisotopic (exact) mass is 343 g/mol. The number of nitrogens with zero attached hydrogens (tertiary/aromatic N) is 2. The number of rotatable bonds is 7. The van der Waals surface area contributed by atoms with Crippen molar-refractivity contribution in [1.29, 1.82) is 0 Å². The van der Waals surface area contributed by atoms with Crippen LogP contribution in [0, 0.1) is 6.92 Å². The third-order valence-electron chi connectivity index (χ3n) is 4.44. The third kappa shape index (κ3) is 4.47. The van der Waals surface area contributed by atoms with Crippen molar-refractivity contribution in [3.05, 3.63) is 47.8 Å². The summed E-state index contributed by atoms with van der Waals surface area (Å²) in [6.45, 7) is 7.20. The topological polar surface area (TPSA) is 84.2 Å². The van der Waals surface area contributed by atoms with Crippen LogP contribution >= 0.6 is 0 Å². The van der Waals surface area contributed by atoms with Crippen molar-refractivity contribution < 1.29 is 14.7 Å². The number of carboxylic acid groups (broad SMARTS) is 1. The number of hydrogen-bond acceptors (Lipinski definition) is 3. The molecule has 1 aromatic heterocycles. The van der Waals surface area contributed by atoms with Crippen molar-refractivity contribution in [3.8, 4) is 0 Å². The van der Waals surface area contributed by atoms with Crippen molar-refractivity contribution in [2.75, 3.05) is 5.32 Å². The van der Waals surface area contributed by atoms with E-state index in [1.165, 1.54) is 16.4 Å². The molecule has 134 valence electrons. The van der Waals surface area contributed by atoms with Crippen molar-refractivity contribution in [2.24, 2.45) is 0 Å². The zero-order chi connectivity index (χ0) is 18.6. The molecule has 0 saturated carbocycles. The minimum absolute atomic E-state index is 0.111. The van der Waals surface area contributed by atoms with E-state index < -0.39 is 11.5 Å². The number of amides is 1. The van der Waals surface area contributed by atoms with Gasteiger partial charge in [0.05, 0.1) is 11.9 Å². The number of aromatic nitrogens is 2. The van der Waals surface area contributed by atoms with Crippen LogP contribution in [-0.4, -0.2) is 26.8 Å². The lowest BCUT2D eigenvalue weighted by atomic mass is 9.92. The maximum atomic E-state index is 12.4. The summed E-state index contributed by atoms with van der Waals surface area (Å²) < 4.78 is 1.34. The zero-order valence-electron chi connectivity index (χ0n) is 15.1. The number of anilines is 1. The van der Waals surface area contributed by atoms with Gasteiger partial charge < -0.3 is 10.4 Å². The Balaban J connectivity index is 2.03. The van der Waals surface area contributed by atoms with Gasteiger partial charge in [0.2, 0.25) is 5.91 Å². The number of carboxylic acids is 1. The molecule has 2 rings (SSSR count). The van der Waals surface area contributed by atoms with Gasteiger partial charge in [0, 0.05) is 12.6 Å². The molecule has 0 aliphatic heterocycles. The van der Waals surface area contributed by atoms with Crippen molar-refractivity contribution in [2.45, 2.75) is 52.0 Å². The van der Waals surface area contributed by atoms with Crippen LogP contribution in [0.1, 0.15) is 50.7 Å². The van der Waals surface area contributed by atoms with Gasteiger partial charge in [0.1, 0.15) is 0 Å². The number of hydrogen-bond donors (Lipinski definition) is 2. The SMILES string of the molecule is CCC(CC(=O)Nc1cnn(C(C)(C)C(=O)O)c1)c1ccc(C)cc1. The second kappa shape index (κ2) is 7.51. The molecule has 0 saturated heterocycles. The van der Waals surface area contributed by atoms with Gasteiger partial charge in [-0.2, -0.15) is 5.10 Å². The fourth-order valence-electron chi connectivity index (χ4n) is 2.56. The van der Waals surface area contributed by atoms with Gasteiger partial charge >= 0.3 is 5.97 Å². The van der Waals surface area contributed by atoms with Crippen LogP contribution in [0.25, 0.3) is 0 Å². The zero-order valence-corrected chi connectivity index (χ0v) is 15.1. The summed E-state index contributed by atoms with van der Waals surface area (Å²) >= 11 is 0. The van der Waals surface area contributed by atoms with E-state index in [0.29, 0.717) is 12.1 Å². The molecule has 0 fully saturated rings. The van der Waals surface area contributed by atoms with Crippen molar-refractivity contribution >= 4 is 17.6 Å². The molecule has 1 amide bonds. The predicted molar refractivity (Wildman–Crippen MR) is 96.6 cm³/mol. The highest BCUT2D eigenvalue weighted by molar-refractivity contribution is 5.91. The number of benzene rings is 1. The van der Waals surface area contributed by atoms with Crippen LogP contribution in [0.15, 0.2) is 36.7 Å². The molecule has 0 aliphatic rings. The molecule has 1 unspecified atom stereocenters. The molecule has 1 atom stereocenters. The first-order valence-corrected chi connectivity index (χ1v) is 8.39. The Morgan fingerprint density at radius 1 is 1.28 bits per heavy atom. The number of aryl methyl sites for hydroxylation is 1. The fraction of sp³-hybridized carbons (Fsp3) is 0.421. The molecule has 0 radical (unpaired) electrons. The standard InChI is InChI=1S/C19H25N3O3/c1-5-14(15-8-6-13(2)7-9-15)10-17(23)21-16-11-20-22(12-16)19(3,4)18(24)25/h6-9,11-12,14H,5,10H2,1-4H3,(H,21,23)(H,24,25). The summed E-state index contributed by atoms with van der Waals surface area (Å²) in [5.74, 6) is -0.954. The highest BCUT2D eigenvalue weighted by atomic mass is 16.4. The number of aliphatic carboxylic acids is 1. The van der Waals surface area contributed by atoms with Crippen molar-refractivity contribution in [1.82, 2.24) is 9.78 Å². The van der Waals surface area contributed by atoms with Crippen LogP contribution in [0.2, 0.25) is 0 Å². The van der Waals surface area contributed by atoms with Gasteiger partial charge in [-0.3, -0.25) is 9.48 Å². The van der Waals surface area contributed by atoms with E-state index in [-0.39, 0.29) is 11.8 Å². The third-order valence-corrected chi connectivity index (χ3v) is 4.44. The molecular formula is C19H25N3O3. The lowest BCUT2D eigenvalue weighted by molar-refractivity contribution is -0.146. The Morgan fingerprint density at radius 2 is 1.92 bits per heavy atom. The number of carbonyl (C=O) groups is 2. The lowest BCUT2D eigenvalue weighted by Crippen LogP contribution is -2.35. The largest absolute Gasteiger partial charge is 0.479 e. The molecule has 1 heterocycles. The first kappa shape index (κ1) is 18.7. The Hall–Kier alpha value is -2.63. The minimum atomic E-state index is -1.17. The van der Waals surface area contributed by atoms with E-state index >= 15 is 0 Å². The summed E-state index contributed by atoms with van der Waals surface area (Å²) in [5, 5.41) is 16.1. The number of carbonyl (C=O) groups excluding carboxylic acids is 1. The maximum Gasteiger partial charge on any atom is 0.331 e. The molecule has 25 heavy (non-hydrogen) atoms. The first-order valence-electron chi connectivity index (χ1n) is 8.39. The van der Waals surface area contributed by atoms with Crippen molar-refractivity contribution in [3.63, 3.8) is 0 Å². The van der Waals surface area contributed by atoms with Gasteiger partial charge in [-0.05, 0) is 38.7 Å². The molecule has 0 spiro atoms. The van der Waals surface area contributed by atoms with Gasteiger partial charge in [0.15, 0.2) is 5.54 Å². The highest BCUT2D eigenvalue weighted by Gasteiger charge is 2.30. The molecule has 6 heteroatoms. The van der Waals surface area contributed by atoms with Crippen LogP contribution in [0.5, 0.6) is 0 Å². The van der Waals surface area contributed by atoms with E-state index in [1.54, 1.807) is 20.0 Å². The molecule has 6 nitrogen and oxygen atoms in total. The average Bonchev–Trinajstić information content (AvgIpc) is 3.02. The second-order valence-electron chi connectivity index (χ2n) is 6.81. The van der Waals surface area contributed by atoms with Gasteiger partial charge in [-0.15, -0.1) is 0 Å². The molecule has 0 aliphatic carbocycles. The van der Waals surface area contributed by atoms with E-state index in [1.807, 2.05) is 19.1 Å². The highest BCUT2D eigenvalue weighted by Crippen LogP contribution is 2.24. The van der Waals surface area contributed by atoms with E-state index in [9.17, 15) is 14.7 Å². The Morgan fingerprint density at radius 3 is 2.48 bits per heavy atom. The quantitative estimate of drug-likeness (QED) is 0.805. The smallest absolute Gasteiger partial charge is 0.331 e. The van der Waals surface area contributed by atoms with E-state index in [0.717, 1.165) is 12.0 Å². The fourth-order valence-corrected chi connectivity index (χ4v) is 2.56. The Labute approximate surface area is 147 Å². The Bertz CT molecular complexity index is 748. The number of nitrogens with one attached hydrogen (secondary N) is 1. The normalized spacial score (nSPS) is 12.6. The summed E-state index contributed by atoms with van der Waals surface area (Å²) in [6.07, 6.45) is 4.24. The predicted octanol–water partition coefficient (Wildman–Crippen LogP) is 3.53. The van der Waals surface area contributed by atoms with E-state index in [2.05, 4.69) is 29.5 Å². The average molecular weight is 343 g/mol. The maximum absolute atomic E-state index is 12.4. The van der Waals surface area contributed by atoms with Crippen LogP contribution < -0.4 is 5.32 Å². The molecule has 0 bridgehead atoms. The molecular weight excluding hydrogens is 318 g/mol. The summed E-state index contributed by atoms with van der Waals surface area (Å²) in [6, 6.07) is 8.22. The minimum Gasteiger partial charge on any atom is -0.479 e. The molecule has 1 aromatic carbocycles. The second-order valence-corrected chi connectivity index (χ2v) is 6.81. The van der Waals surface area contributed by atoms with Gasteiger partial charge in [-0.1, -0.05) is 36.8 Å². The van der Waals surface area contributed by atoms with E-state index in [4.69, 9.17) is 0 Å². The van der Waals surface area contributed by atoms with Crippen LogP contribution in [0.4, 0.5) is 5.69 Å². The lowest BCUT2D eigenvalue weighted by Gasteiger charge is -2.19. The van der Waals surface area contributed by atoms with Crippen LogP contribution in [-0.2, 0) is 15.1 Å². The Kier molecular flexibility index (Phi) is 5.62. The summed E-state index contributed by atoms with van der Waals surface area (Å²) in [5.41, 5.74) is 1.66. The first-order chi connectivity index (χ1) is 11.7. The summed E-state index contributed by atoms with van der Waals surface area (Å²) in [7, 11) is 0. The molecule has 2 aromatic rings. The van der Waals surface area contributed by atoms with Gasteiger partial charge in [0.25, 0.3) is 0 Å². The van der Waals surface area contributed by atoms with Crippen LogP contribution in [0.3, 0.4) is 0 Å². The summed E-state index contributed by atoms with van der Waals surface area (Å²) in [4.78, 5) is 23.6. The molecule has 2 N–H and O–H groups in total. The van der Waals surface area contributed by atoms with Gasteiger partial charge in [-0.25, -0.2) is 4.79 Å².